The van der Waals surface area contributed by atoms with Crippen LogP contribution in [0.1, 0.15) is 38.1 Å². The van der Waals surface area contributed by atoms with Gasteiger partial charge in [0.05, 0.1) is 11.3 Å². The summed E-state index contributed by atoms with van der Waals surface area (Å²) in [6.45, 7) is 4.31. The van der Waals surface area contributed by atoms with Crippen LogP contribution in [0.15, 0.2) is 52.9 Å². The number of amides is 1. The minimum absolute atomic E-state index is 0.0236. The highest BCUT2D eigenvalue weighted by Crippen LogP contribution is 2.48. The predicted octanol–water partition coefficient (Wildman–Crippen LogP) is 4.11. The molecule has 0 spiro atoms. The molecule has 0 saturated heterocycles. The Balaban J connectivity index is 1.62. The second-order valence-electron chi connectivity index (χ2n) is 7.83. The molecule has 0 aliphatic heterocycles. The average Bonchev–Trinajstić information content (AvgIpc) is 3.33. The molecule has 1 aromatic heterocycles. The van der Waals surface area contributed by atoms with Crippen molar-refractivity contribution >= 4 is 26.5 Å². The summed E-state index contributed by atoms with van der Waals surface area (Å²) in [6.07, 6.45) is 1.31. The molecule has 1 aliphatic rings. The lowest BCUT2D eigenvalue weighted by Gasteiger charge is -2.19. The molecule has 1 fully saturated rings. The Bertz CT molecular complexity index is 1020. The molecule has 1 heterocycles. The van der Waals surface area contributed by atoms with Crippen molar-refractivity contribution in [2.24, 2.45) is 5.73 Å². The number of carbonyl (C=O) groups is 1. The first kappa shape index (κ1) is 18.6. The second kappa shape index (κ2) is 6.71. The molecule has 144 valence electrons. The van der Waals surface area contributed by atoms with Gasteiger partial charge in [0.15, 0.2) is 0 Å². The zero-order valence-electron chi connectivity index (χ0n) is 15.9. The summed E-state index contributed by atoms with van der Waals surface area (Å²) in [5.41, 5.74) is 8.54. The summed E-state index contributed by atoms with van der Waals surface area (Å²) < 4.78 is 5.83. The van der Waals surface area contributed by atoms with E-state index in [4.69, 9.17) is 10.2 Å². The van der Waals surface area contributed by atoms with Crippen LogP contribution in [0.5, 0.6) is 0 Å². The molecule has 4 rings (SSSR count). The van der Waals surface area contributed by atoms with Crippen LogP contribution < -0.4 is 11.1 Å². The molecular weight excluding hydrogens is 371 g/mol. The van der Waals surface area contributed by atoms with Crippen molar-refractivity contribution in [3.8, 4) is 11.5 Å². The highest BCUT2D eigenvalue weighted by atomic mass is 31.0. The van der Waals surface area contributed by atoms with Gasteiger partial charge in [-0.05, 0) is 42.7 Å². The molecule has 2 aromatic carbocycles. The van der Waals surface area contributed by atoms with Gasteiger partial charge < -0.3 is 15.5 Å². The molecule has 3 N–H and O–H groups in total. The predicted molar refractivity (Wildman–Crippen MR) is 112 cm³/mol. The first-order chi connectivity index (χ1) is 13.3. The van der Waals surface area contributed by atoms with Crippen molar-refractivity contribution in [3.05, 3.63) is 60.0 Å². The normalized spacial score (nSPS) is 15.2. The summed E-state index contributed by atoms with van der Waals surface area (Å²) in [5, 5.41) is 11.7. The van der Waals surface area contributed by atoms with Gasteiger partial charge >= 0.3 is 0 Å². The van der Waals surface area contributed by atoms with E-state index in [1.54, 1.807) is 0 Å². The number of aromatic nitrogens is 2. The van der Waals surface area contributed by atoms with Crippen molar-refractivity contribution < 1.29 is 9.21 Å². The number of nitrogens with one attached hydrogen (secondary N) is 1. The van der Waals surface area contributed by atoms with Crippen molar-refractivity contribution in [2.75, 3.05) is 5.32 Å². The van der Waals surface area contributed by atoms with E-state index in [1.165, 1.54) is 5.56 Å². The lowest BCUT2D eigenvalue weighted by atomic mass is 10.0. The smallest absolute Gasteiger partial charge is 0.249 e. The molecule has 1 amide bonds. The van der Waals surface area contributed by atoms with Crippen LogP contribution in [0.4, 0.5) is 11.4 Å². The van der Waals surface area contributed by atoms with Gasteiger partial charge in [0.25, 0.3) is 0 Å². The number of para-hydroxylation sites is 1. The van der Waals surface area contributed by atoms with Crippen LogP contribution in [0.2, 0.25) is 0 Å². The average molecular weight is 394 g/mol. The molecular formula is C21H23N4O2P. The lowest BCUT2D eigenvalue weighted by Crippen LogP contribution is -2.28. The van der Waals surface area contributed by atoms with Crippen molar-refractivity contribution in [3.63, 3.8) is 0 Å². The highest BCUT2D eigenvalue weighted by molar-refractivity contribution is 7.18. The maximum Gasteiger partial charge on any atom is 0.249 e. The standard InChI is InChI=1S/C21H23N4O2P/c1-20(2,28)13-7-9-14(10-8-13)23-16-6-4-3-5-15(16)17-24-25-19(27-17)21(11-12-21)18(22)26/h3-10,23H,11-12,28H2,1-2H3,(H2,22,26). The molecule has 0 bridgehead atoms. The maximum absolute atomic E-state index is 11.7. The number of benzene rings is 2. The third-order valence-corrected chi connectivity index (χ3v) is 5.45. The minimum Gasteiger partial charge on any atom is -0.419 e. The van der Waals surface area contributed by atoms with Gasteiger partial charge in [-0.15, -0.1) is 19.4 Å². The quantitative estimate of drug-likeness (QED) is 0.614. The lowest BCUT2D eigenvalue weighted by molar-refractivity contribution is -0.120. The molecule has 0 radical (unpaired) electrons. The van der Waals surface area contributed by atoms with E-state index >= 15 is 0 Å². The number of primary amides is 1. The van der Waals surface area contributed by atoms with Crippen molar-refractivity contribution in [2.45, 2.75) is 37.3 Å². The van der Waals surface area contributed by atoms with Crippen LogP contribution in [-0.2, 0) is 15.4 Å². The number of carbonyl (C=O) groups excluding carboxylic acids is 1. The van der Waals surface area contributed by atoms with Gasteiger partial charge in [-0.1, -0.05) is 38.1 Å². The number of anilines is 2. The molecule has 1 saturated carbocycles. The second-order valence-corrected chi connectivity index (χ2v) is 9.27. The summed E-state index contributed by atoms with van der Waals surface area (Å²) in [7, 11) is 2.85. The Morgan fingerprint density at radius 1 is 1.14 bits per heavy atom. The minimum atomic E-state index is -0.783. The molecule has 3 aromatic rings. The first-order valence-corrected chi connectivity index (χ1v) is 9.77. The molecule has 1 unspecified atom stereocenters. The fraction of sp³-hybridized carbons (Fsp3) is 0.286. The van der Waals surface area contributed by atoms with E-state index in [2.05, 4.69) is 50.7 Å². The zero-order chi connectivity index (χ0) is 19.9. The van der Waals surface area contributed by atoms with Gasteiger partial charge in [-0.25, -0.2) is 0 Å². The molecule has 28 heavy (non-hydrogen) atoms. The van der Waals surface area contributed by atoms with Crippen LogP contribution in [0.25, 0.3) is 11.5 Å². The number of hydrogen-bond donors (Lipinski definition) is 2. The zero-order valence-corrected chi connectivity index (χ0v) is 17.1. The highest BCUT2D eigenvalue weighted by Gasteiger charge is 2.55. The monoisotopic (exact) mass is 394 g/mol. The van der Waals surface area contributed by atoms with E-state index in [-0.39, 0.29) is 5.16 Å². The van der Waals surface area contributed by atoms with E-state index < -0.39 is 11.3 Å². The Kier molecular flexibility index (Phi) is 4.47. The summed E-state index contributed by atoms with van der Waals surface area (Å²) in [5.74, 6) is 0.261. The van der Waals surface area contributed by atoms with E-state index in [0.717, 1.165) is 16.9 Å². The third-order valence-electron chi connectivity index (χ3n) is 5.12. The first-order valence-electron chi connectivity index (χ1n) is 9.19. The fourth-order valence-electron chi connectivity index (χ4n) is 3.13. The van der Waals surface area contributed by atoms with Crippen molar-refractivity contribution in [1.29, 1.82) is 0 Å². The van der Waals surface area contributed by atoms with E-state index in [1.807, 2.05) is 36.4 Å². The van der Waals surface area contributed by atoms with Crippen LogP contribution >= 0.6 is 9.24 Å². The molecule has 7 heteroatoms. The molecule has 1 atom stereocenters. The summed E-state index contributed by atoms with van der Waals surface area (Å²) in [6, 6.07) is 16.0. The Morgan fingerprint density at radius 3 is 2.43 bits per heavy atom. The van der Waals surface area contributed by atoms with Crippen LogP contribution in [-0.4, -0.2) is 16.1 Å². The van der Waals surface area contributed by atoms with Crippen LogP contribution in [0.3, 0.4) is 0 Å². The topological polar surface area (TPSA) is 94.0 Å². The summed E-state index contributed by atoms with van der Waals surface area (Å²) >= 11 is 0. The Labute approximate surface area is 166 Å². The van der Waals surface area contributed by atoms with Gasteiger partial charge in [-0.3, -0.25) is 4.79 Å². The molecule has 6 nitrogen and oxygen atoms in total. The van der Waals surface area contributed by atoms with Gasteiger partial charge in [0.1, 0.15) is 5.41 Å². The number of nitrogens with zero attached hydrogens (tertiary/aromatic N) is 2. The van der Waals surface area contributed by atoms with Crippen LogP contribution in [0, 0.1) is 0 Å². The fourth-order valence-corrected chi connectivity index (χ4v) is 3.33. The van der Waals surface area contributed by atoms with E-state index in [9.17, 15) is 4.79 Å². The Morgan fingerprint density at radius 2 is 1.82 bits per heavy atom. The Hall–Kier alpha value is -2.72. The van der Waals surface area contributed by atoms with Gasteiger partial charge in [0, 0.05) is 10.8 Å². The third kappa shape index (κ3) is 3.40. The largest absolute Gasteiger partial charge is 0.419 e. The summed E-state index contributed by atoms with van der Waals surface area (Å²) in [4.78, 5) is 11.7. The van der Waals surface area contributed by atoms with Gasteiger partial charge in [-0.2, -0.15) is 0 Å². The van der Waals surface area contributed by atoms with Gasteiger partial charge in [0.2, 0.25) is 17.7 Å². The number of nitrogens with two attached hydrogens (primary N) is 1. The van der Waals surface area contributed by atoms with Crippen molar-refractivity contribution in [1.82, 2.24) is 10.2 Å². The number of hydrogen-bond acceptors (Lipinski definition) is 5. The van der Waals surface area contributed by atoms with E-state index in [0.29, 0.717) is 24.6 Å². The SMILES string of the molecule is CC(C)(P)c1ccc(Nc2ccccc2-c2nnc(C3(C(N)=O)CC3)o2)cc1. The molecule has 1 aliphatic carbocycles. The number of rotatable bonds is 6. The maximum atomic E-state index is 11.7.